The number of benzene rings is 1. The maximum absolute atomic E-state index is 4.50. The van der Waals surface area contributed by atoms with E-state index in [4.69, 9.17) is 0 Å². The van der Waals surface area contributed by atoms with Crippen LogP contribution in [0.2, 0.25) is 0 Å². The van der Waals surface area contributed by atoms with Crippen LogP contribution >= 0.6 is 11.8 Å². The lowest BCUT2D eigenvalue weighted by atomic mass is 9.98. The summed E-state index contributed by atoms with van der Waals surface area (Å²) in [5, 5.41) is 4.78. The molecule has 0 spiro atoms. The van der Waals surface area contributed by atoms with Crippen LogP contribution in [0.3, 0.4) is 0 Å². The fraction of sp³-hybridized carbons (Fsp3) is 0.500. The van der Waals surface area contributed by atoms with Gasteiger partial charge < -0.3 is 5.32 Å². The molecule has 1 aliphatic carbocycles. The van der Waals surface area contributed by atoms with E-state index in [0.29, 0.717) is 0 Å². The van der Waals surface area contributed by atoms with Gasteiger partial charge in [-0.25, -0.2) is 0 Å². The SMILES string of the molecule is Cc1cccc2c1CC(C)(NC1=NCCS1)C2. The van der Waals surface area contributed by atoms with Gasteiger partial charge in [0.05, 0.1) is 6.54 Å². The number of nitrogens with one attached hydrogen (secondary N) is 1. The summed E-state index contributed by atoms with van der Waals surface area (Å²) in [5.41, 5.74) is 4.62. The van der Waals surface area contributed by atoms with Gasteiger partial charge in [-0.15, -0.1) is 0 Å². The van der Waals surface area contributed by atoms with Crippen LogP contribution in [0.25, 0.3) is 0 Å². The van der Waals surface area contributed by atoms with E-state index in [-0.39, 0.29) is 5.54 Å². The zero-order valence-corrected chi connectivity index (χ0v) is 11.2. The Morgan fingerprint density at radius 1 is 1.35 bits per heavy atom. The van der Waals surface area contributed by atoms with Crippen LogP contribution in [0.5, 0.6) is 0 Å². The summed E-state index contributed by atoms with van der Waals surface area (Å²) in [6, 6.07) is 6.65. The number of aryl methyl sites for hydroxylation is 1. The van der Waals surface area contributed by atoms with Gasteiger partial charge in [0.2, 0.25) is 0 Å². The molecule has 1 aromatic rings. The molecule has 0 saturated heterocycles. The highest BCUT2D eigenvalue weighted by Gasteiger charge is 2.34. The Morgan fingerprint density at radius 2 is 2.24 bits per heavy atom. The molecular weight excluding hydrogens is 228 g/mol. The van der Waals surface area contributed by atoms with Crippen molar-refractivity contribution in [1.82, 2.24) is 5.32 Å². The first-order valence-electron chi connectivity index (χ1n) is 6.19. The Balaban J connectivity index is 1.82. The normalized spacial score (nSPS) is 26.8. The monoisotopic (exact) mass is 246 g/mol. The van der Waals surface area contributed by atoms with Gasteiger partial charge in [0.15, 0.2) is 5.17 Å². The maximum Gasteiger partial charge on any atom is 0.157 e. The fourth-order valence-electron chi connectivity index (χ4n) is 2.81. The highest BCUT2D eigenvalue weighted by molar-refractivity contribution is 8.14. The van der Waals surface area contributed by atoms with Gasteiger partial charge in [-0.3, -0.25) is 4.99 Å². The molecule has 0 fully saturated rings. The molecule has 0 bridgehead atoms. The molecule has 2 aliphatic rings. The number of fused-ring (bicyclic) bond motifs is 1. The van der Waals surface area contributed by atoms with E-state index in [1.165, 1.54) is 16.7 Å². The van der Waals surface area contributed by atoms with Crippen molar-refractivity contribution in [2.24, 2.45) is 4.99 Å². The lowest BCUT2D eigenvalue weighted by molar-refractivity contribution is 0.444. The van der Waals surface area contributed by atoms with E-state index in [1.807, 2.05) is 11.8 Å². The molecule has 3 heteroatoms. The topological polar surface area (TPSA) is 24.4 Å². The average molecular weight is 246 g/mol. The zero-order valence-electron chi connectivity index (χ0n) is 10.4. The van der Waals surface area contributed by atoms with Crippen LogP contribution in [-0.2, 0) is 12.8 Å². The van der Waals surface area contributed by atoms with Gasteiger partial charge in [0, 0.05) is 11.3 Å². The highest BCUT2D eigenvalue weighted by Crippen LogP contribution is 2.32. The first kappa shape index (κ1) is 11.1. The van der Waals surface area contributed by atoms with Crippen molar-refractivity contribution in [1.29, 1.82) is 0 Å². The van der Waals surface area contributed by atoms with E-state index in [2.05, 4.69) is 42.4 Å². The molecule has 0 saturated carbocycles. The molecular formula is C14H18N2S. The molecule has 3 rings (SSSR count). The molecule has 0 amide bonds. The zero-order chi connectivity index (χ0) is 11.9. The van der Waals surface area contributed by atoms with E-state index in [1.54, 1.807) is 0 Å². The maximum atomic E-state index is 4.50. The molecule has 1 aliphatic heterocycles. The molecule has 1 atom stereocenters. The van der Waals surface area contributed by atoms with Crippen LogP contribution in [0.15, 0.2) is 23.2 Å². The third-order valence-corrected chi connectivity index (χ3v) is 4.54. The third-order valence-electron chi connectivity index (χ3n) is 3.65. The van der Waals surface area contributed by atoms with Gasteiger partial charge in [0.1, 0.15) is 0 Å². The second kappa shape index (κ2) is 4.05. The summed E-state index contributed by atoms with van der Waals surface area (Å²) in [5.74, 6) is 1.13. The van der Waals surface area contributed by atoms with E-state index >= 15 is 0 Å². The fourth-order valence-corrected chi connectivity index (χ4v) is 3.69. The van der Waals surface area contributed by atoms with E-state index in [0.717, 1.165) is 30.3 Å². The smallest absolute Gasteiger partial charge is 0.157 e. The minimum Gasteiger partial charge on any atom is -0.359 e. The number of amidine groups is 1. The van der Waals surface area contributed by atoms with Crippen LogP contribution in [-0.4, -0.2) is 23.0 Å². The summed E-state index contributed by atoms with van der Waals surface area (Å²) in [6.07, 6.45) is 2.23. The molecule has 0 aromatic heterocycles. The predicted molar refractivity (Wildman–Crippen MR) is 74.9 cm³/mol. The molecule has 17 heavy (non-hydrogen) atoms. The number of nitrogens with zero attached hydrogens (tertiary/aromatic N) is 1. The number of aliphatic imine (C=N–C) groups is 1. The van der Waals surface area contributed by atoms with Gasteiger partial charge in [-0.2, -0.15) is 0 Å². The molecule has 2 nitrogen and oxygen atoms in total. The predicted octanol–water partition coefficient (Wildman–Crippen LogP) is 2.54. The van der Waals surface area contributed by atoms with Crippen molar-refractivity contribution in [3.63, 3.8) is 0 Å². The number of thioether (sulfide) groups is 1. The third kappa shape index (κ3) is 2.08. The second-order valence-corrected chi connectivity index (χ2v) is 6.37. The molecule has 1 N–H and O–H groups in total. The van der Waals surface area contributed by atoms with Crippen molar-refractivity contribution in [3.8, 4) is 0 Å². The standard InChI is InChI=1S/C14H18N2S/c1-10-4-3-5-11-8-14(2,9-12(10)11)16-13-15-6-7-17-13/h3-5H,6-9H2,1-2H3,(H,15,16). The largest absolute Gasteiger partial charge is 0.359 e. The number of rotatable bonds is 1. The van der Waals surface area contributed by atoms with Crippen LogP contribution in [0.4, 0.5) is 0 Å². The first-order valence-corrected chi connectivity index (χ1v) is 7.18. The van der Waals surface area contributed by atoms with Crippen LogP contribution in [0.1, 0.15) is 23.6 Å². The Hall–Kier alpha value is -0.960. The van der Waals surface area contributed by atoms with Crippen molar-refractivity contribution >= 4 is 16.9 Å². The summed E-state index contributed by atoms with van der Waals surface area (Å²) in [7, 11) is 0. The summed E-state index contributed by atoms with van der Waals surface area (Å²) >= 11 is 1.85. The summed E-state index contributed by atoms with van der Waals surface area (Å²) < 4.78 is 0. The Morgan fingerprint density at radius 3 is 2.94 bits per heavy atom. The summed E-state index contributed by atoms with van der Waals surface area (Å²) in [4.78, 5) is 4.50. The average Bonchev–Trinajstić information content (AvgIpc) is 2.86. The number of hydrogen-bond donors (Lipinski definition) is 1. The van der Waals surface area contributed by atoms with Gasteiger partial charge in [0.25, 0.3) is 0 Å². The second-order valence-electron chi connectivity index (χ2n) is 5.29. The number of hydrogen-bond acceptors (Lipinski definition) is 3. The molecule has 90 valence electrons. The first-order chi connectivity index (χ1) is 8.16. The lowest BCUT2D eigenvalue weighted by Crippen LogP contribution is -2.45. The molecule has 1 heterocycles. The van der Waals surface area contributed by atoms with Gasteiger partial charge in [-0.1, -0.05) is 30.0 Å². The Labute approximate surface area is 107 Å². The summed E-state index contributed by atoms with van der Waals surface area (Å²) in [6.45, 7) is 5.50. The Kier molecular flexibility index (Phi) is 2.66. The lowest BCUT2D eigenvalue weighted by Gasteiger charge is -2.26. The molecule has 0 radical (unpaired) electrons. The minimum absolute atomic E-state index is 0.157. The van der Waals surface area contributed by atoms with Crippen LogP contribution in [0, 0.1) is 6.92 Å². The van der Waals surface area contributed by atoms with Gasteiger partial charge in [-0.05, 0) is 43.4 Å². The Bertz CT molecular complexity index is 481. The van der Waals surface area contributed by atoms with Crippen molar-refractivity contribution in [2.45, 2.75) is 32.2 Å². The van der Waals surface area contributed by atoms with Crippen molar-refractivity contribution in [2.75, 3.05) is 12.3 Å². The van der Waals surface area contributed by atoms with E-state index < -0.39 is 0 Å². The highest BCUT2D eigenvalue weighted by atomic mass is 32.2. The van der Waals surface area contributed by atoms with Crippen molar-refractivity contribution < 1.29 is 0 Å². The van der Waals surface area contributed by atoms with Crippen LogP contribution < -0.4 is 5.32 Å². The molecule has 1 unspecified atom stereocenters. The van der Waals surface area contributed by atoms with E-state index in [9.17, 15) is 0 Å². The van der Waals surface area contributed by atoms with Crippen molar-refractivity contribution in [3.05, 3.63) is 34.9 Å². The van der Waals surface area contributed by atoms with Gasteiger partial charge >= 0.3 is 0 Å². The quantitative estimate of drug-likeness (QED) is 0.823. The molecule has 1 aromatic carbocycles. The minimum atomic E-state index is 0.157.